The van der Waals surface area contributed by atoms with E-state index < -0.39 is 0 Å². The second kappa shape index (κ2) is 7.33. The summed E-state index contributed by atoms with van der Waals surface area (Å²) < 4.78 is 10.2. The van der Waals surface area contributed by atoms with E-state index in [0.29, 0.717) is 16.6 Å². The van der Waals surface area contributed by atoms with Crippen LogP contribution in [-0.4, -0.2) is 30.5 Å². The summed E-state index contributed by atoms with van der Waals surface area (Å²) in [6.07, 6.45) is 1.61. The fraction of sp³-hybridized carbons (Fsp3) is 0.125. The van der Waals surface area contributed by atoms with Crippen LogP contribution in [0.2, 0.25) is 0 Å². The number of phenolic OH excluding ortho intramolecular Hbond substituents is 1. The summed E-state index contributed by atoms with van der Waals surface area (Å²) in [5, 5.41) is 18.8. The van der Waals surface area contributed by atoms with E-state index >= 15 is 0 Å². The first-order valence-electron chi connectivity index (χ1n) is 6.94. The first-order valence-corrected chi connectivity index (χ1v) is 8.70. The second-order valence-corrected chi connectivity index (χ2v) is 6.47. The number of hydrogen-bond acceptors (Lipinski definition) is 8. The van der Waals surface area contributed by atoms with Gasteiger partial charge in [0.05, 0.1) is 31.0 Å². The summed E-state index contributed by atoms with van der Waals surface area (Å²) in [6, 6.07) is 7.36. The lowest BCUT2D eigenvalue weighted by molar-refractivity contribution is 0.340. The molecule has 0 spiro atoms. The minimum Gasteiger partial charge on any atom is -0.502 e. The number of hydrogen-bond donors (Lipinski definition) is 2. The molecule has 6 nitrogen and oxygen atoms in total. The molecule has 0 saturated carbocycles. The highest BCUT2D eigenvalue weighted by atomic mass is 32.1. The third-order valence-electron chi connectivity index (χ3n) is 3.15. The molecule has 124 valence electrons. The number of thiazole rings is 1. The van der Waals surface area contributed by atoms with Crippen LogP contribution in [-0.2, 0) is 0 Å². The average molecular weight is 361 g/mol. The van der Waals surface area contributed by atoms with Crippen molar-refractivity contribution in [2.45, 2.75) is 0 Å². The van der Waals surface area contributed by atoms with Gasteiger partial charge in [-0.25, -0.2) is 4.98 Å². The van der Waals surface area contributed by atoms with Gasteiger partial charge in [-0.3, -0.25) is 5.43 Å². The van der Waals surface area contributed by atoms with Crippen LogP contribution in [0, 0.1) is 0 Å². The lowest BCUT2D eigenvalue weighted by Crippen LogP contribution is -1.94. The van der Waals surface area contributed by atoms with Crippen LogP contribution in [0.1, 0.15) is 5.56 Å². The summed E-state index contributed by atoms with van der Waals surface area (Å²) >= 11 is 3.13. The van der Waals surface area contributed by atoms with E-state index in [-0.39, 0.29) is 5.75 Å². The van der Waals surface area contributed by atoms with Gasteiger partial charge in [-0.2, -0.15) is 5.10 Å². The van der Waals surface area contributed by atoms with Gasteiger partial charge in [-0.15, -0.1) is 22.7 Å². The number of phenols is 1. The molecule has 8 heteroatoms. The topological polar surface area (TPSA) is 76.0 Å². The van der Waals surface area contributed by atoms with Crippen molar-refractivity contribution in [3.63, 3.8) is 0 Å². The molecule has 3 aromatic rings. The van der Waals surface area contributed by atoms with E-state index in [0.717, 1.165) is 16.1 Å². The molecule has 0 amide bonds. The van der Waals surface area contributed by atoms with Crippen LogP contribution in [0.15, 0.2) is 40.1 Å². The Balaban J connectivity index is 1.73. The van der Waals surface area contributed by atoms with Crippen molar-refractivity contribution in [2.24, 2.45) is 5.10 Å². The number of aromatic nitrogens is 1. The van der Waals surface area contributed by atoms with E-state index in [2.05, 4.69) is 15.5 Å². The number of anilines is 1. The minimum absolute atomic E-state index is 0.0365. The summed E-state index contributed by atoms with van der Waals surface area (Å²) in [7, 11) is 2.96. The van der Waals surface area contributed by atoms with E-state index in [4.69, 9.17) is 9.47 Å². The van der Waals surface area contributed by atoms with Gasteiger partial charge in [0.15, 0.2) is 11.5 Å². The molecular weight excluding hydrogens is 346 g/mol. The standard InChI is InChI=1S/C16H15N3O3S2/c1-21-12-6-10(7-13(22-2)15(12)20)8-17-19-16-18-11(9-24-16)14-4-3-5-23-14/h3-9,20H,1-2H3,(H,18,19)/b17-8-. The zero-order valence-electron chi connectivity index (χ0n) is 13.0. The molecular formula is C16H15N3O3S2. The van der Waals surface area contributed by atoms with E-state index in [9.17, 15) is 5.11 Å². The third kappa shape index (κ3) is 3.50. The van der Waals surface area contributed by atoms with Crippen LogP contribution < -0.4 is 14.9 Å². The van der Waals surface area contributed by atoms with E-state index in [1.165, 1.54) is 25.6 Å². The van der Waals surface area contributed by atoms with Crippen molar-refractivity contribution in [3.05, 3.63) is 40.6 Å². The molecule has 0 aliphatic carbocycles. The maximum absolute atomic E-state index is 9.89. The largest absolute Gasteiger partial charge is 0.502 e. The number of ether oxygens (including phenoxy) is 2. The zero-order valence-corrected chi connectivity index (χ0v) is 14.6. The molecule has 2 heterocycles. The van der Waals surface area contributed by atoms with Crippen molar-refractivity contribution >= 4 is 34.0 Å². The Bertz CT molecular complexity index is 819. The highest BCUT2D eigenvalue weighted by Crippen LogP contribution is 2.36. The molecule has 0 saturated heterocycles. The second-order valence-electron chi connectivity index (χ2n) is 4.66. The lowest BCUT2D eigenvalue weighted by atomic mass is 10.2. The molecule has 2 N–H and O–H groups in total. The maximum atomic E-state index is 9.89. The maximum Gasteiger partial charge on any atom is 0.203 e. The highest BCUT2D eigenvalue weighted by Gasteiger charge is 2.10. The molecule has 0 unspecified atom stereocenters. The van der Waals surface area contributed by atoms with Crippen molar-refractivity contribution in [1.29, 1.82) is 0 Å². The fourth-order valence-electron chi connectivity index (χ4n) is 2.01. The Morgan fingerprint density at radius 3 is 2.58 bits per heavy atom. The summed E-state index contributed by atoms with van der Waals surface area (Å²) in [4.78, 5) is 5.60. The number of nitrogens with one attached hydrogen (secondary N) is 1. The quantitative estimate of drug-likeness (QED) is 0.512. The Kier molecular flexibility index (Phi) is 4.97. The zero-order chi connectivity index (χ0) is 16.9. The fourth-order valence-corrected chi connectivity index (χ4v) is 3.43. The number of thiophene rings is 1. The molecule has 0 radical (unpaired) electrons. The Morgan fingerprint density at radius 2 is 1.96 bits per heavy atom. The number of rotatable bonds is 6. The summed E-state index contributed by atoms with van der Waals surface area (Å²) in [5.41, 5.74) is 4.56. The number of nitrogens with zero attached hydrogens (tertiary/aromatic N) is 2. The molecule has 0 fully saturated rings. The van der Waals surface area contributed by atoms with Gasteiger partial charge in [0.1, 0.15) is 0 Å². The molecule has 1 aromatic carbocycles. The summed E-state index contributed by atoms with van der Waals surface area (Å²) in [5.74, 6) is 0.612. The molecule has 0 aliphatic rings. The van der Waals surface area contributed by atoms with Gasteiger partial charge in [0.25, 0.3) is 0 Å². The van der Waals surface area contributed by atoms with Gasteiger partial charge in [0, 0.05) is 10.9 Å². The smallest absolute Gasteiger partial charge is 0.203 e. The van der Waals surface area contributed by atoms with Gasteiger partial charge >= 0.3 is 0 Å². The van der Waals surface area contributed by atoms with E-state index in [1.54, 1.807) is 29.7 Å². The predicted molar refractivity (Wildman–Crippen MR) is 97.9 cm³/mol. The first kappa shape index (κ1) is 16.3. The molecule has 2 aromatic heterocycles. The van der Waals surface area contributed by atoms with Gasteiger partial charge in [-0.1, -0.05) is 6.07 Å². The van der Waals surface area contributed by atoms with Crippen LogP contribution in [0.4, 0.5) is 5.13 Å². The molecule has 24 heavy (non-hydrogen) atoms. The monoisotopic (exact) mass is 361 g/mol. The SMILES string of the molecule is COc1cc(/C=N\Nc2nc(-c3cccs3)cs2)cc(OC)c1O. The van der Waals surface area contributed by atoms with E-state index in [1.807, 2.05) is 22.9 Å². The number of aromatic hydroxyl groups is 1. The Morgan fingerprint density at radius 1 is 1.21 bits per heavy atom. The van der Waals surface area contributed by atoms with Crippen molar-refractivity contribution < 1.29 is 14.6 Å². The van der Waals surface area contributed by atoms with Gasteiger partial charge in [-0.05, 0) is 23.6 Å². The third-order valence-corrected chi connectivity index (χ3v) is 4.79. The van der Waals surface area contributed by atoms with Crippen LogP contribution in [0.3, 0.4) is 0 Å². The summed E-state index contributed by atoms with van der Waals surface area (Å²) in [6.45, 7) is 0. The molecule has 0 aliphatic heterocycles. The average Bonchev–Trinajstić information content (AvgIpc) is 3.27. The molecule has 0 atom stereocenters. The van der Waals surface area contributed by atoms with Gasteiger partial charge in [0.2, 0.25) is 10.9 Å². The molecule has 0 bridgehead atoms. The van der Waals surface area contributed by atoms with Crippen molar-refractivity contribution in [2.75, 3.05) is 19.6 Å². The Labute approximate surface area is 147 Å². The normalized spacial score (nSPS) is 10.9. The van der Waals surface area contributed by atoms with Crippen LogP contribution in [0.5, 0.6) is 17.2 Å². The first-order chi connectivity index (χ1) is 11.7. The van der Waals surface area contributed by atoms with Crippen molar-refractivity contribution in [3.8, 4) is 27.8 Å². The predicted octanol–water partition coefficient (Wildman–Crippen LogP) is 4.04. The lowest BCUT2D eigenvalue weighted by Gasteiger charge is -2.09. The van der Waals surface area contributed by atoms with Gasteiger partial charge < -0.3 is 14.6 Å². The number of benzene rings is 1. The minimum atomic E-state index is -0.0365. The van der Waals surface area contributed by atoms with Crippen LogP contribution >= 0.6 is 22.7 Å². The van der Waals surface area contributed by atoms with Crippen LogP contribution in [0.25, 0.3) is 10.6 Å². The number of hydrazone groups is 1. The van der Waals surface area contributed by atoms with Crippen molar-refractivity contribution in [1.82, 2.24) is 4.98 Å². The molecule has 3 rings (SSSR count). The number of methoxy groups -OCH3 is 2. The Hall–Kier alpha value is -2.58. The highest BCUT2D eigenvalue weighted by molar-refractivity contribution is 7.15.